The monoisotopic (exact) mass is 381 g/mol. The number of methoxy groups -OCH3 is 1. The Morgan fingerprint density at radius 1 is 1.04 bits per heavy atom. The van der Waals surface area contributed by atoms with E-state index in [1.807, 2.05) is 38.1 Å². The Kier molecular flexibility index (Phi) is 7.38. The molecule has 0 aliphatic rings. The van der Waals surface area contributed by atoms with Gasteiger partial charge >= 0.3 is 5.97 Å². The molecular weight excluding hydrogens is 350 g/mol. The van der Waals surface area contributed by atoms with Crippen LogP contribution >= 0.6 is 0 Å². The highest BCUT2D eigenvalue weighted by Crippen LogP contribution is 2.21. The summed E-state index contributed by atoms with van der Waals surface area (Å²) in [6, 6.07) is 11.1. The van der Waals surface area contributed by atoms with Crippen molar-refractivity contribution in [2.24, 2.45) is 5.92 Å². The quantitative estimate of drug-likeness (QED) is 0.514. The lowest BCUT2D eigenvalue weighted by molar-refractivity contribution is -0.141. The van der Waals surface area contributed by atoms with Gasteiger partial charge in [-0.1, -0.05) is 43.7 Å². The minimum absolute atomic E-state index is 0.0668. The minimum atomic E-state index is -0.433. The molecule has 0 spiro atoms. The molecule has 1 atom stereocenters. The number of anilines is 1. The van der Waals surface area contributed by atoms with Crippen LogP contribution in [0.5, 0.6) is 0 Å². The molecule has 0 fully saturated rings. The molecule has 0 aliphatic carbocycles. The normalized spacial score (nSPS) is 12.0. The molecule has 0 saturated carbocycles. The first-order valence-corrected chi connectivity index (χ1v) is 9.75. The molecule has 2 aromatic carbocycles. The van der Waals surface area contributed by atoms with Gasteiger partial charge in [-0.2, -0.15) is 0 Å². The lowest BCUT2D eigenvalue weighted by atomic mass is 9.93. The molecule has 4 heteroatoms. The zero-order valence-electron chi connectivity index (χ0n) is 17.8. The van der Waals surface area contributed by atoms with E-state index in [0.717, 1.165) is 22.4 Å². The van der Waals surface area contributed by atoms with Crippen LogP contribution in [0.25, 0.3) is 0 Å². The molecule has 0 saturated heterocycles. The molecule has 0 aromatic heterocycles. The molecule has 0 unspecified atom stereocenters. The van der Waals surface area contributed by atoms with Crippen molar-refractivity contribution in [3.63, 3.8) is 0 Å². The van der Waals surface area contributed by atoms with Crippen molar-refractivity contribution in [3.8, 4) is 0 Å². The van der Waals surface area contributed by atoms with Gasteiger partial charge in [0.2, 0.25) is 0 Å². The lowest BCUT2D eigenvalue weighted by Gasteiger charge is -2.20. The van der Waals surface area contributed by atoms with Crippen molar-refractivity contribution < 1.29 is 14.3 Å². The van der Waals surface area contributed by atoms with E-state index in [-0.39, 0.29) is 11.8 Å². The second kappa shape index (κ2) is 9.54. The maximum absolute atomic E-state index is 12.9. The summed E-state index contributed by atoms with van der Waals surface area (Å²) in [7, 11) is 1.39. The molecule has 0 amide bonds. The Balaban J connectivity index is 2.20. The van der Waals surface area contributed by atoms with Crippen LogP contribution in [0.15, 0.2) is 36.4 Å². The third kappa shape index (κ3) is 5.69. The van der Waals surface area contributed by atoms with E-state index in [4.69, 9.17) is 4.74 Å². The highest BCUT2D eigenvalue weighted by molar-refractivity contribution is 5.98. The van der Waals surface area contributed by atoms with Crippen molar-refractivity contribution in [2.75, 3.05) is 12.4 Å². The van der Waals surface area contributed by atoms with Gasteiger partial charge in [0.25, 0.3) is 0 Å². The summed E-state index contributed by atoms with van der Waals surface area (Å²) in [6.45, 7) is 10.3. The summed E-state index contributed by atoms with van der Waals surface area (Å²) in [6.07, 6.45) is 1.03. The summed E-state index contributed by atoms with van der Waals surface area (Å²) in [5.74, 6) is 0.113. The van der Waals surface area contributed by atoms with Gasteiger partial charge in [0.1, 0.15) is 6.04 Å². The Morgan fingerprint density at radius 2 is 1.68 bits per heavy atom. The first-order chi connectivity index (χ1) is 13.2. The number of ether oxygens (including phenoxy) is 1. The van der Waals surface area contributed by atoms with Gasteiger partial charge in [-0.3, -0.25) is 4.79 Å². The van der Waals surface area contributed by atoms with Gasteiger partial charge in [-0.15, -0.1) is 0 Å². The first kappa shape index (κ1) is 21.7. The predicted molar refractivity (Wildman–Crippen MR) is 114 cm³/mol. The number of benzene rings is 2. The molecule has 4 nitrogen and oxygen atoms in total. The SMILES string of the molecule is COC(=O)[C@H](CC(C)C)Nc1cccc(C(=O)Cc2c(C)cc(C)cc2C)c1. The molecular formula is C24H31NO3. The first-order valence-electron chi connectivity index (χ1n) is 9.75. The number of nitrogens with one attached hydrogen (secondary N) is 1. The molecule has 0 bridgehead atoms. The topological polar surface area (TPSA) is 55.4 Å². The lowest BCUT2D eigenvalue weighted by Crippen LogP contribution is -2.32. The predicted octanol–water partition coefficient (Wildman–Crippen LogP) is 5.04. The second-order valence-corrected chi connectivity index (χ2v) is 7.91. The number of carbonyl (C=O) groups is 2. The maximum Gasteiger partial charge on any atom is 0.328 e. The highest BCUT2D eigenvalue weighted by atomic mass is 16.5. The van der Waals surface area contributed by atoms with Crippen LogP contribution in [0.1, 0.15) is 52.9 Å². The molecule has 0 heterocycles. The molecule has 0 radical (unpaired) electrons. The summed E-state index contributed by atoms with van der Waals surface area (Å²) in [5.41, 5.74) is 5.96. The maximum atomic E-state index is 12.9. The number of esters is 1. The van der Waals surface area contributed by atoms with Gasteiger partial charge in [0, 0.05) is 17.7 Å². The number of hydrogen-bond donors (Lipinski definition) is 1. The molecule has 0 aliphatic heterocycles. The Morgan fingerprint density at radius 3 is 2.25 bits per heavy atom. The van der Waals surface area contributed by atoms with E-state index < -0.39 is 6.04 Å². The van der Waals surface area contributed by atoms with E-state index in [1.54, 1.807) is 0 Å². The summed E-state index contributed by atoms with van der Waals surface area (Å²) >= 11 is 0. The molecule has 2 rings (SSSR count). The van der Waals surface area contributed by atoms with Crippen LogP contribution in [0, 0.1) is 26.7 Å². The fourth-order valence-electron chi connectivity index (χ4n) is 3.56. The Bertz CT molecular complexity index is 832. The van der Waals surface area contributed by atoms with Gasteiger partial charge in [0.15, 0.2) is 5.78 Å². The third-order valence-corrected chi connectivity index (χ3v) is 4.90. The second-order valence-electron chi connectivity index (χ2n) is 7.91. The van der Waals surface area contributed by atoms with Crippen molar-refractivity contribution in [3.05, 3.63) is 64.2 Å². The molecule has 28 heavy (non-hydrogen) atoms. The number of Topliss-reactive ketones (excluding diaryl/α,β-unsaturated/α-hetero) is 1. The van der Waals surface area contributed by atoms with Gasteiger partial charge in [-0.25, -0.2) is 4.79 Å². The van der Waals surface area contributed by atoms with Crippen molar-refractivity contribution in [1.82, 2.24) is 0 Å². The summed E-state index contributed by atoms with van der Waals surface area (Å²) < 4.78 is 4.91. The van der Waals surface area contributed by atoms with Gasteiger partial charge in [-0.05, 0) is 61.9 Å². The van der Waals surface area contributed by atoms with Crippen LogP contribution in [0.4, 0.5) is 5.69 Å². The summed E-state index contributed by atoms with van der Waals surface area (Å²) in [5, 5.41) is 3.22. The van der Waals surface area contributed by atoms with Crippen LogP contribution in [0.3, 0.4) is 0 Å². The largest absolute Gasteiger partial charge is 0.467 e. The van der Waals surface area contributed by atoms with Crippen LogP contribution in [-0.4, -0.2) is 24.9 Å². The van der Waals surface area contributed by atoms with E-state index in [0.29, 0.717) is 24.3 Å². The van der Waals surface area contributed by atoms with E-state index >= 15 is 0 Å². The Labute approximate surface area is 168 Å². The zero-order chi connectivity index (χ0) is 20.8. The van der Waals surface area contributed by atoms with Gasteiger partial charge < -0.3 is 10.1 Å². The number of hydrogen-bond acceptors (Lipinski definition) is 4. The van der Waals surface area contributed by atoms with Crippen LogP contribution in [-0.2, 0) is 16.0 Å². The number of aryl methyl sites for hydroxylation is 3. The van der Waals surface area contributed by atoms with Crippen LogP contribution in [0.2, 0.25) is 0 Å². The molecule has 150 valence electrons. The van der Waals surface area contributed by atoms with Gasteiger partial charge in [0.05, 0.1) is 7.11 Å². The number of ketones is 1. The fraction of sp³-hybridized carbons (Fsp3) is 0.417. The van der Waals surface area contributed by atoms with E-state index in [2.05, 4.69) is 38.2 Å². The highest BCUT2D eigenvalue weighted by Gasteiger charge is 2.21. The number of rotatable bonds is 8. The van der Waals surface area contributed by atoms with Crippen molar-refractivity contribution >= 4 is 17.4 Å². The third-order valence-electron chi connectivity index (χ3n) is 4.90. The smallest absolute Gasteiger partial charge is 0.328 e. The molecule has 1 N–H and O–H groups in total. The number of carbonyl (C=O) groups excluding carboxylic acids is 2. The standard InChI is InChI=1S/C24H31NO3/c1-15(2)10-22(24(27)28-6)25-20-9-7-8-19(13-20)23(26)14-21-17(4)11-16(3)12-18(21)5/h7-9,11-13,15,22,25H,10,14H2,1-6H3/t22-/m0/s1. The molecule has 2 aromatic rings. The fourth-order valence-corrected chi connectivity index (χ4v) is 3.56. The average molecular weight is 382 g/mol. The Hall–Kier alpha value is -2.62. The van der Waals surface area contributed by atoms with Crippen molar-refractivity contribution in [2.45, 2.75) is 53.5 Å². The van der Waals surface area contributed by atoms with E-state index in [9.17, 15) is 9.59 Å². The average Bonchev–Trinajstić information content (AvgIpc) is 2.63. The summed E-state index contributed by atoms with van der Waals surface area (Å²) in [4.78, 5) is 25.0. The van der Waals surface area contributed by atoms with Crippen LogP contribution < -0.4 is 5.32 Å². The van der Waals surface area contributed by atoms with Crippen molar-refractivity contribution in [1.29, 1.82) is 0 Å². The van der Waals surface area contributed by atoms with E-state index in [1.165, 1.54) is 12.7 Å². The minimum Gasteiger partial charge on any atom is -0.467 e. The zero-order valence-corrected chi connectivity index (χ0v) is 17.8.